The third-order valence-electron chi connectivity index (χ3n) is 2.26. The summed E-state index contributed by atoms with van der Waals surface area (Å²) in [5, 5.41) is 11.7. The van der Waals surface area contributed by atoms with Gasteiger partial charge in [-0.3, -0.25) is 4.79 Å². The van der Waals surface area contributed by atoms with Gasteiger partial charge in [0, 0.05) is 19.4 Å². The number of hydrogen-bond acceptors (Lipinski definition) is 4. The fourth-order valence-electron chi connectivity index (χ4n) is 1.35. The van der Waals surface area contributed by atoms with Gasteiger partial charge in [0.05, 0.1) is 24.0 Å². The predicted molar refractivity (Wildman–Crippen MR) is 72.2 cm³/mol. The van der Waals surface area contributed by atoms with Crippen LogP contribution in [0.25, 0.3) is 0 Å². The summed E-state index contributed by atoms with van der Waals surface area (Å²) < 4.78 is 4.84. The normalized spacial score (nSPS) is 9.78. The molecule has 1 amide bonds. The van der Waals surface area contributed by atoms with Crippen LogP contribution < -0.4 is 5.32 Å². The van der Waals surface area contributed by atoms with Crippen LogP contribution in [0.1, 0.15) is 11.1 Å². The van der Waals surface area contributed by atoms with Crippen molar-refractivity contribution in [2.24, 2.45) is 0 Å². The SMILES string of the molecule is COCCNC(=O)CSCc1ccccc1C#N. The molecule has 0 spiro atoms. The molecule has 0 heterocycles. The van der Waals surface area contributed by atoms with Crippen molar-refractivity contribution in [3.05, 3.63) is 35.4 Å². The fraction of sp³-hybridized carbons (Fsp3) is 0.385. The molecule has 1 N–H and O–H groups in total. The van der Waals surface area contributed by atoms with E-state index in [4.69, 9.17) is 10.00 Å². The van der Waals surface area contributed by atoms with Crippen LogP contribution in [0.5, 0.6) is 0 Å². The third kappa shape index (κ3) is 5.21. The number of benzene rings is 1. The molecule has 0 atom stereocenters. The molecule has 1 aromatic rings. The standard InChI is InChI=1S/C13H16N2O2S/c1-17-7-6-15-13(16)10-18-9-12-5-3-2-4-11(12)8-14/h2-5H,6-7,9-10H2,1H3,(H,15,16). The summed E-state index contributed by atoms with van der Waals surface area (Å²) in [6.45, 7) is 1.05. The molecule has 4 nitrogen and oxygen atoms in total. The highest BCUT2D eigenvalue weighted by atomic mass is 32.2. The van der Waals surface area contributed by atoms with E-state index in [1.165, 1.54) is 11.8 Å². The van der Waals surface area contributed by atoms with Crippen molar-refractivity contribution in [3.63, 3.8) is 0 Å². The number of amides is 1. The molecule has 0 unspecified atom stereocenters. The van der Waals surface area contributed by atoms with Crippen LogP contribution in [0.2, 0.25) is 0 Å². The molecule has 0 saturated carbocycles. The number of nitrogens with one attached hydrogen (secondary N) is 1. The number of nitriles is 1. The van der Waals surface area contributed by atoms with Gasteiger partial charge in [-0.1, -0.05) is 18.2 Å². The summed E-state index contributed by atoms with van der Waals surface area (Å²) in [5.41, 5.74) is 1.64. The van der Waals surface area contributed by atoms with Crippen molar-refractivity contribution in [1.82, 2.24) is 5.32 Å². The maximum absolute atomic E-state index is 11.4. The average molecular weight is 264 g/mol. The first-order valence-electron chi connectivity index (χ1n) is 5.59. The molecule has 0 radical (unpaired) electrons. The number of methoxy groups -OCH3 is 1. The molecular weight excluding hydrogens is 248 g/mol. The highest BCUT2D eigenvalue weighted by Crippen LogP contribution is 2.15. The van der Waals surface area contributed by atoms with E-state index >= 15 is 0 Å². The van der Waals surface area contributed by atoms with Crippen molar-refractivity contribution in [2.45, 2.75) is 5.75 Å². The smallest absolute Gasteiger partial charge is 0.230 e. The van der Waals surface area contributed by atoms with Gasteiger partial charge >= 0.3 is 0 Å². The molecule has 1 rings (SSSR count). The van der Waals surface area contributed by atoms with Gasteiger partial charge in [-0.25, -0.2) is 0 Å². The molecule has 0 fully saturated rings. The van der Waals surface area contributed by atoms with Crippen molar-refractivity contribution in [1.29, 1.82) is 5.26 Å². The zero-order chi connectivity index (χ0) is 13.2. The van der Waals surface area contributed by atoms with Crippen LogP contribution in [-0.2, 0) is 15.3 Å². The van der Waals surface area contributed by atoms with Crippen LogP contribution in [0.15, 0.2) is 24.3 Å². The number of rotatable bonds is 7. The van der Waals surface area contributed by atoms with Crippen molar-refractivity contribution < 1.29 is 9.53 Å². The lowest BCUT2D eigenvalue weighted by molar-refractivity contribution is -0.118. The molecule has 0 aliphatic carbocycles. The minimum Gasteiger partial charge on any atom is -0.383 e. The second-order valence-corrected chi connectivity index (χ2v) is 4.59. The predicted octanol–water partition coefficient (Wildman–Crippen LogP) is 1.55. The quantitative estimate of drug-likeness (QED) is 0.759. The number of carbonyl (C=O) groups excluding carboxylic acids is 1. The minimum atomic E-state index is -0.00788. The fourth-order valence-corrected chi connectivity index (χ4v) is 2.21. The average Bonchev–Trinajstić information content (AvgIpc) is 2.39. The van der Waals surface area contributed by atoms with E-state index in [0.717, 1.165) is 5.56 Å². The van der Waals surface area contributed by atoms with Crippen LogP contribution >= 0.6 is 11.8 Å². The minimum absolute atomic E-state index is 0.00788. The van der Waals surface area contributed by atoms with Crippen LogP contribution in [0.4, 0.5) is 0 Å². The highest BCUT2D eigenvalue weighted by molar-refractivity contribution is 7.99. The Hall–Kier alpha value is -1.51. The maximum atomic E-state index is 11.4. The van der Waals surface area contributed by atoms with Gasteiger partial charge in [0.25, 0.3) is 0 Å². The third-order valence-corrected chi connectivity index (χ3v) is 3.24. The number of carbonyl (C=O) groups is 1. The first kappa shape index (κ1) is 14.6. The van der Waals surface area contributed by atoms with E-state index < -0.39 is 0 Å². The topological polar surface area (TPSA) is 62.1 Å². The van der Waals surface area contributed by atoms with E-state index in [-0.39, 0.29) is 5.91 Å². The first-order valence-corrected chi connectivity index (χ1v) is 6.74. The molecule has 0 bridgehead atoms. The molecule has 0 aliphatic heterocycles. The zero-order valence-corrected chi connectivity index (χ0v) is 11.1. The van der Waals surface area contributed by atoms with Gasteiger partial charge in [-0.15, -0.1) is 11.8 Å². The largest absolute Gasteiger partial charge is 0.383 e. The van der Waals surface area contributed by atoms with Crippen LogP contribution in [-0.4, -0.2) is 31.9 Å². The van der Waals surface area contributed by atoms with E-state index in [9.17, 15) is 4.79 Å². The summed E-state index contributed by atoms with van der Waals surface area (Å²) in [4.78, 5) is 11.4. The van der Waals surface area contributed by atoms with Gasteiger partial charge in [-0.2, -0.15) is 5.26 Å². The molecule has 1 aromatic carbocycles. The maximum Gasteiger partial charge on any atom is 0.230 e. The molecule has 18 heavy (non-hydrogen) atoms. The van der Waals surface area contributed by atoms with Crippen molar-refractivity contribution >= 4 is 17.7 Å². The van der Waals surface area contributed by atoms with E-state index in [0.29, 0.717) is 30.2 Å². The first-order chi connectivity index (χ1) is 8.77. The molecule has 0 aliphatic rings. The number of hydrogen-bond donors (Lipinski definition) is 1. The molecule has 0 aromatic heterocycles. The van der Waals surface area contributed by atoms with E-state index in [1.54, 1.807) is 13.2 Å². The molecular formula is C13H16N2O2S. The number of nitrogens with zero attached hydrogens (tertiary/aromatic N) is 1. The van der Waals surface area contributed by atoms with Gasteiger partial charge in [0.15, 0.2) is 0 Å². The lowest BCUT2D eigenvalue weighted by atomic mass is 10.1. The number of thioether (sulfide) groups is 1. The molecule has 5 heteroatoms. The Balaban J connectivity index is 2.29. The Morgan fingerprint density at radius 2 is 2.28 bits per heavy atom. The van der Waals surface area contributed by atoms with Gasteiger partial charge in [0.1, 0.15) is 0 Å². The van der Waals surface area contributed by atoms with E-state index in [1.807, 2.05) is 18.2 Å². The Morgan fingerprint density at radius 3 is 3.00 bits per heavy atom. The molecule has 96 valence electrons. The Bertz CT molecular complexity index is 429. The lowest BCUT2D eigenvalue weighted by Gasteiger charge is -2.05. The van der Waals surface area contributed by atoms with Gasteiger partial charge in [-0.05, 0) is 11.6 Å². The molecule has 0 saturated heterocycles. The second-order valence-electron chi connectivity index (χ2n) is 3.60. The van der Waals surface area contributed by atoms with Crippen LogP contribution in [0.3, 0.4) is 0 Å². The second kappa shape index (κ2) is 8.56. The Morgan fingerprint density at radius 1 is 1.50 bits per heavy atom. The van der Waals surface area contributed by atoms with Crippen LogP contribution in [0, 0.1) is 11.3 Å². The van der Waals surface area contributed by atoms with Crippen molar-refractivity contribution in [2.75, 3.05) is 26.0 Å². The summed E-state index contributed by atoms with van der Waals surface area (Å²) in [6.07, 6.45) is 0. The summed E-state index contributed by atoms with van der Waals surface area (Å²) >= 11 is 1.50. The monoisotopic (exact) mass is 264 g/mol. The number of ether oxygens (including phenoxy) is 1. The lowest BCUT2D eigenvalue weighted by Crippen LogP contribution is -2.28. The van der Waals surface area contributed by atoms with Gasteiger partial charge < -0.3 is 10.1 Å². The summed E-state index contributed by atoms with van der Waals surface area (Å²) in [6, 6.07) is 9.58. The summed E-state index contributed by atoms with van der Waals surface area (Å²) in [7, 11) is 1.60. The van der Waals surface area contributed by atoms with Crippen molar-refractivity contribution in [3.8, 4) is 6.07 Å². The summed E-state index contributed by atoms with van der Waals surface area (Å²) in [5.74, 6) is 1.05. The zero-order valence-electron chi connectivity index (χ0n) is 10.3. The Kier molecular flexibility index (Phi) is 6.92. The van der Waals surface area contributed by atoms with E-state index in [2.05, 4.69) is 11.4 Å². The Labute approximate surface area is 111 Å². The van der Waals surface area contributed by atoms with Gasteiger partial charge in [0.2, 0.25) is 5.91 Å². The highest BCUT2D eigenvalue weighted by Gasteiger charge is 2.04.